The van der Waals surface area contributed by atoms with Gasteiger partial charge in [-0.05, 0) is 50.9 Å². The Kier molecular flexibility index (Phi) is 4.53. The van der Waals surface area contributed by atoms with Crippen LogP contribution in [-0.4, -0.2) is 18.9 Å². The van der Waals surface area contributed by atoms with Crippen LogP contribution in [0.25, 0.3) is 0 Å². The molecule has 1 aromatic carbocycles. The van der Waals surface area contributed by atoms with E-state index >= 15 is 0 Å². The summed E-state index contributed by atoms with van der Waals surface area (Å²) in [6.07, 6.45) is 2.81. The number of hydrogen-bond donors (Lipinski definition) is 1. The summed E-state index contributed by atoms with van der Waals surface area (Å²) in [4.78, 5) is 12.8. The predicted octanol–water partition coefficient (Wildman–Crippen LogP) is 3.63. The van der Waals surface area contributed by atoms with Crippen molar-refractivity contribution in [1.82, 2.24) is 5.32 Å². The van der Waals surface area contributed by atoms with Gasteiger partial charge in [-0.1, -0.05) is 19.4 Å². The van der Waals surface area contributed by atoms with Crippen LogP contribution in [0.4, 0.5) is 8.78 Å². The Bertz CT molecular complexity index is 502. The molecule has 0 amide bonds. The molecule has 0 unspecified atom stereocenters. The van der Waals surface area contributed by atoms with Crippen molar-refractivity contribution in [3.8, 4) is 0 Å². The molecule has 1 aliphatic rings. The van der Waals surface area contributed by atoms with Gasteiger partial charge in [0.25, 0.3) is 0 Å². The maximum Gasteiger partial charge on any atom is 0.175 e. The molecule has 1 fully saturated rings. The van der Waals surface area contributed by atoms with E-state index in [-0.39, 0.29) is 11.3 Å². The maximum absolute atomic E-state index is 14.2. The Morgan fingerprint density at radius 2 is 1.95 bits per heavy atom. The van der Waals surface area contributed by atoms with E-state index in [1.165, 1.54) is 12.1 Å². The highest BCUT2D eigenvalue weighted by atomic mass is 19.1. The standard InChI is InChI=1S/C16H21F2NO/c1-3-6-16(7-9-19-10-8-16)15(20)13-12(17)5-4-11(2)14(13)18/h4-5,19H,3,6-10H2,1-2H3. The SMILES string of the molecule is CCCC1(C(=O)c2c(F)ccc(C)c2F)CCNCC1. The van der Waals surface area contributed by atoms with Crippen molar-refractivity contribution in [3.05, 3.63) is 34.9 Å². The first-order valence-corrected chi connectivity index (χ1v) is 7.22. The van der Waals surface area contributed by atoms with E-state index < -0.39 is 17.0 Å². The lowest BCUT2D eigenvalue weighted by molar-refractivity contribution is 0.0694. The molecular formula is C16H21F2NO. The number of halogens is 2. The van der Waals surface area contributed by atoms with Gasteiger partial charge in [0.15, 0.2) is 5.78 Å². The average Bonchev–Trinajstić information content (AvgIpc) is 2.44. The van der Waals surface area contributed by atoms with Crippen molar-refractivity contribution in [3.63, 3.8) is 0 Å². The molecule has 0 radical (unpaired) electrons. The summed E-state index contributed by atoms with van der Waals surface area (Å²) in [7, 11) is 0. The molecule has 2 rings (SSSR count). The van der Waals surface area contributed by atoms with Crippen LogP contribution >= 0.6 is 0 Å². The molecule has 1 aromatic rings. The van der Waals surface area contributed by atoms with Crippen molar-refractivity contribution in [2.75, 3.05) is 13.1 Å². The molecule has 1 heterocycles. The van der Waals surface area contributed by atoms with Gasteiger partial charge in [0.05, 0.1) is 5.56 Å². The Morgan fingerprint density at radius 1 is 1.30 bits per heavy atom. The molecule has 0 saturated carbocycles. The fourth-order valence-electron chi connectivity index (χ4n) is 3.10. The second-order valence-corrected chi connectivity index (χ2v) is 5.66. The van der Waals surface area contributed by atoms with Gasteiger partial charge in [0.1, 0.15) is 11.6 Å². The van der Waals surface area contributed by atoms with Crippen LogP contribution in [-0.2, 0) is 0 Å². The number of carbonyl (C=O) groups is 1. The molecular weight excluding hydrogens is 260 g/mol. The molecule has 20 heavy (non-hydrogen) atoms. The summed E-state index contributed by atoms with van der Waals surface area (Å²) in [5.74, 6) is -1.81. The van der Waals surface area contributed by atoms with E-state index in [1.54, 1.807) is 6.92 Å². The Labute approximate surface area is 118 Å². The van der Waals surface area contributed by atoms with Gasteiger partial charge in [0, 0.05) is 5.41 Å². The first-order chi connectivity index (χ1) is 9.52. The number of benzene rings is 1. The molecule has 0 atom stereocenters. The van der Waals surface area contributed by atoms with Crippen LogP contribution in [0.1, 0.15) is 48.5 Å². The second kappa shape index (κ2) is 6.00. The third-order valence-electron chi connectivity index (χ3n) is 4.28. The molecule has 0 aliphatic carbocycles. The summed E-state index contributed by atoms with van der Waals surface area (Å²) >= 11 is 0. The summed E-state index contributed by atoms with van der Waals surface area (Å²) < 4.78 is 28.2. The monoisotopic (exact) mass is 281 g/mol. The fraction of sp³-hybridized carbons (Fsp3) is 0.562. The van der Waals surface area contributed by atoms with E-state index in [2.05, 4.69) is 5.32 Å². The minimum absolute atomic E-state index is 0.315. The number of Topliss-reactive ketones (excluding diaryl/α,β-unsaturated/α-hetero) is 1. The largest absolute Gasteiger partial charge is 0.317 e. The van der Waals surface area contributed by atoms with E-state index in [0.717, 1.165) is 19.5 Å². The molecule has 1 aliphatic heterocycles. The normalized spacial score (nSPS) is 18.0. The van der Waals surface area contributed by atoms with Crippen molar-refractivity contribution < 1.29 is 13.6 Å². The van der Waals surface area contributed by atoms with Crippen molar-refractivity contribution in [2.45, 2.75) is 39.5 Å². The summed E-state index contributed by atoms with van der Waals surface area (Å²) in [6.45, 7) is 5.00. The van der Waals surface area contributed by atoms with E-state index in [9.17, 15) is 13.6 Å². The van der Waals surface area contributed by atoms with Crippen LogP contribution in [0.5, 0.6) is 0 Å². The zero-order chi connectivity index (χ0) is 14.8. The number of piperidine rings is 1. The predicted molar refractivity (Wildman–Crippen MR) is 74.9 cm³/mol. The third kappa shape index (κ3) is 2.62. The maximum atomic E-state index is 14.2. The van der Waals surface area contributed by atoms with Gasteiger partial charge in [-0.25, -0.2) is 8.78 Å². The van der Waals surface area contributed by atoms with Crippen LogP contribution < -0.4 is 5.32 Å². The number of ketones is 1. The first-order valence-electron chi connectivity index (χ1n) is 7.22. The number of carbonyl (C=O) groups excluding carboxylic acids is 1. The van der Waals surface area contributed by atoms with Gasteiger partial charge in [0.2, 0.25) is 0 Å². The average molecular weight is 281 g/mol. The second-order valence-electron chi connectivity index (χ2n) is 5.66. The van der Waals surface area contributed by atoms with Crippen LogP contribution in [0.15, 0.2) is 12.1 Å². The third-order valence-corrected chi connectivity index (χ3v) is 4.28. The van der Waals surface area contributed by atoms with E-state index in [0.29, 0.717) is 24.8 Å². The van der Waals surface area contributed by atoms with Crippen molar-refractivity contribution in [1.29, 1.82) is 0 Å². The van der Waals surface area contributed by atoms with E-state index in [1.807, 2.05) is 6.92 Å². The number of rotatable bonds is 4. The number of aryl methyl sites for hydroxylation is 1. The smallest absolute Gasteiger partial charge is 0.175 e. The molecule has 0 bridgehead atoms. The molecule has 2 nitrogen and oxygen atoms in total. The zero-order valence-electron chi connectivity index (χ0n) is 12.1. The minimum Gasteiger partial charge on any atom is -0.317 e. The lowest BCUT2D eigenvalue weighted by Gasteiger charge is -2.36. The first kappa shape index (κ1) is 15.1. The highest BCUT2D eigenvalue weighted by Crippen LogP contribution is 2.38. The minimum atomic E-state index is -0.743. The summed E-state index contributed by atoms with van der Waals surface area (Å²) in [5, 5.41) is 3.21. The molecule has 0 aromatic heterocycles. The molecule has 110 valence electrons. The Hall–Kier alpha value is -1.29. The molecule has 1 N–H and O–H groups in total. The number of hydrogen-bond acceptors (Lipinski definition) is 2. The quantitative estimate of drug-likeness (QED) is 0.854. The van der Waals surface area contributed by atoms with Gasteiger partial charge in [-0.2, -0.15) is 0 Å². The lowest BCUT2D eigenvalue weighted by Crippen LogP contribution is -2.42. The van der Waals surface area contributed by atoms with Gasteiger partial charge < -0.3 is 5.32 Å². The summed E-state index contributed by atoms with van der Waals surface area (Å²) in [6, 6.07) is 2.56. The van der Waals surface area contributed by atoms with Crippen molar-refractivity contribution >= 4 is 5.78 Å². The fourth-order valence-corrected chi connectivity index (χ4v) is 3.10. The van der Waals surface area contributed by atoms with Gasteiger partial charge >= 0.3 is 0 Å². The summed E-state index contributed by atoms with van der Waals surface area (Å²) in [5.41, 5.74) is -0.647. The Morgan fingerprint density at radius 3 is 2.55 bits per heavy atom. The molecule has 4 heteroatoms. The van der Waals surface area contributed by atoms with Gasteiger partial charge in [-0.15, -0.1) is 0 Å². The van der Waals surface area contributed by atoms with E-state index in [4.69, 9.17) is 0 Å². The zero-order valence-corrected chi connectivity index (χ0v) is 12.1. The number of nitrogens with one attached hydrogen (secondary N) is 1. The lowest BCUT2D eigenvalue weighted by atomic mass is 9.70. The van der Waals surface area contributed by atoms with Crippen LogP contribution in [0.2, 0.25) is 0 Å². The van der Waals surface area contributed by atoms with Crippen molar-refractivity contribution in [2.24, 2.45) is 5.41 Å². The topological polar surface area (TPSA) is 29.1 Å². The highest BCUT2D eigenvalue weighted by molar-refractivity contribution is 6.01. The highest BCUT2D eigenvalue weighted by Gasteiger charge is 2.41. The van der Waals surface area contributed by atoms with Crippen LogP contribution in [0.3, 0.4) is 0 Å². The van der Waals surface area contributed by atoms with Gasteiger partial charge in [-0.3, -0.25) is 4.79 Å². The van der Waals surface area contributed by atoms with Crippen LogP contribution in [0, 0.1) is 24.0 Å². The molecule has 1 saturated heterocycles. The molecule has 0 spiro atoms. The Balaban J connectivity index is 2.45.